The van der Waals surface area contributed by atoms with Gasteiger partial charge < -0.3 is 18.8 Å². The Morgan fingerprint density at radius 1 is 0.588 bits per heavy atom. The van der Waals surface area contributed by atoms with Crippen LogP contribution in [0.3, 0.4) is 0 Å². The largest absolute Gasteiger partial charge is 0.527 e. The van der Waals surface area contributed by atoms with Crippen LogP contribution in [0.4, 0.5) is 0 Å². The van der Waals surface area contributed by atoms with Crippen molar-refractivity contribution in [3.05, 3.63) is 58.7 Å². The summed E-state index contributed by atoms with van der Waals surface area (Å²) in [5.41, 5.74) is 4.07. The van der Waals surface area contributed by atoms with Gasteiger partial charge in [-0.1, -0.05) is 26.0 Å². The lowest BCUT2D eigenvalue weighted by Crippen LogP contribution is -2.44. The molecule has 2 aromatic carbocycles. The van der Waals surface area contributed by atoms with E-state index in [2.05, 4.69) is 13.8 Å². The molecule has 6 aliphatic rings. The summed E-state index contributed by atoms with van der Waals surface area (Å²) in [4.78, 5) is 48.6. The molecule has 15 heteroatoms. The van der Waals surface area contributed by atoms with Crippen LogP contribution in [0, 0.1) is 34.5 Å². The van der Waals surface area contributed by atoms with Crippen molar-refractivity contribution in [2.45, 2.75) is 115 Å². The van der Waals surface area contributed by atoms with Crippen LogP contribution in [0.5, 0.6) is 11.5 Å². The Morgan fingerprint density at radius 2 is 1.06 bits per heavy atom. The SMILES string of the molecule is CC12CCC3c4ccc(OP(=O)(O)OC5CCC6C7CCc8cc(OP(=O)(O)O)ccc8C7CCC56C)cc4CCC3C1CCC2OP(=O)(O)O. The Hall–Kier alpha value is -1.55. The van der Waals surface area contributed by atoms with Crippen molar-refractivity contribution in [3.8, 4) is 11.5 Å². The first-order chi connectivity index (χ1) is 23.9. The molecule has 0 radical (unpaired) electrons. The van der Waals surface area contributed by atoms with Crippen LogP contribution in [0.15, 0.2) is 36.4 Å². The van der Waals surface area contributed by atoms with E-state index >= 15 is 0 Å². The maximum atomic E-state index is 13.6. The fraction of sp³-hybridized carbons (Fsp3) is 0.667. The van der Waals surface area contributed by atoms with Crippen LogP contribution in [0.2, 0.25) is 0 Å². The first kappa shape index (κ1) is 36.4. The van der Waals surface area contributed by atoms with Gasteiger partial charge in [0.1, 0.15) is 11.5 Å². The zero-order valence-corrected chi connectivity index (χ0v) is 31.7. The third-order valence-corrected chi connectivity index (χ3v) is 16.1. The zero-order chi connectivity index (χ0) is 36.1. The summed E-state index contributed by atoms with van der Waals surface area (Å²) in [7, 11) is -13.7. The smallest absolute Gasteiger partial charge is 0.404 e. The van der Waals surface area contributed by atoms with Crippen LogP contribution in [0.25, 0.3) is 0 Å². The topological polar surface area (TPSA) is 189 Å². The highest BCUT2D eigenvalue weighted by Gasteiger charge is 2.58. The third-order valence-electron chi connectivity index (χ3n) is 14.2. The molecule has 0 aliphatic heterocycles. The molecule has 11 unspecified atom stereocenters. The molecule has 0 spiro atoms. The minimum absolute atomic E-state index is 0.176. The summed E-state index contributed by atoms with van der Waals surface area (Å²) in [6.45, 7) is 4.32. The van der Waals surface area contributed by atoms with Crippen molar-refractivity contribution < 1.29 is 56.3 Å². The molecular formula is C36H49O12P3. The van der Waals surface area contributed by atoms with E-state index in [1.807, 2.05) is 18.2 Å². The highest BCUT2D eigenvalue weighted by atomic mass is 31.2. The lowest BCUT2D eigenvalue weighted by atomic mass is 9.55. The van der Waals surface area contributed by atoms with Gasteiger partial charge in [-0.15, -0.1) is 0 Å². The van der Waals surface area contributed by atoms with Gasteiger partial charge in [-0.25, -0.2) is 13.7 Å². The third kappa shape index (κ3) is 6.75. The molecule has 4 saturated carbocycles. The number of phosphoric ester groups is 3. The van der Waals surface area contributed by atoms with E-state index in [9.17, 15) is 38.2 Å². The number of phosphoric acid groups is 3. The normalized spacial score (nSPS) is 38.3. The Balaban J connectivity index is 0.924. The lowest BCUT2D eigenvalue weighted by Gasteiger charge is -2.50. The molecule has 0 bridgehead atoms. The van der Waals surface area contributed by atoms with E-state index in [0.29, 0.717) is 54.1 Å². The molecule has 0 amide bonds. The molecule has 0 heterocycles. The highest BCUT2D eigenvalue weighted by Crippen LogP contribution is 2.66. The number of fused-ring (bicyclic) bond motifs is 10. The molecule has 51 heavy (non-hydrogen) atoms. The molecule has 11 atom stereocenters. The molecule has 5 N–H and O–H groups in total. The van der Waals surface area contributed by atoms with Crippen LogP contribution in [0.1, 0.15) is 112 Å². The van der Waals surface area contributed by atoms with Crippen molar-refractivity contribution >= 4 is 23.5 Å². The molecule has 12 nitrogen and oxygen atoms in total. The predicted molar refractivity (Wildman–Crippen MR) is 187 cm³/mol. The second kappa shape index (κ2) is 12.8. The molecule has 4 fully saturated rings. The molecule has 8 rings (SSSR count). The van der Waals surface area contributed by atoms with Gasteiger partial charge in [0.2, 0.25) is 0 Å². The van der Waals surface area contributed by atoms with Crippen LogP contribution < -0.4 is 9.05 Å². The number of aryl methyl sites for hydroxylation is 2. The first-order valence-corrected chi connectivity index (χ1v) is 22.9. The minimum Gasteiger partial charge on any atom is -0.404 e. The summed E-state index contributed by atoms with van der Waals surface area (Å²) in [5, 5.41) is 0. The Bertz CT molecular complexity index is 1840. The molecule has 6 aliphatic carbocycles. The second-order valence-corrected chi connectivity index (χ2v) is 20.3. The summed E-state index contributed by atoms with van der Waals surface area (Å²) >= 11 is 0. The van der Waals surface area contributed by atoms with E-state index in [1.165, 1.54) is 11.1 Å². The van der Waals surface area contributed by atoms with Crippen molar-refractivity contribution in [3.63, 3.8) is 0 Å². The van der Waals surface area contributed by atoms with Gasteiger partial charge in [0.05, 0.1) is 12.2 Å². The Morgan fingerprint density at radius 3 is 1.53 bits per heavy atom. The van der Waals surface area contributed by atoms with Crippen LogP contribution >= 0.6 is 23.5 Å². The quantitative estimate of drug-likeness (QED) is 0.164. The summed E-state index contributed by atoms with van der Waals surface area (Å²) in [5.74, 6) is 2.53. The summed E-state index contributed by atoms with van der Waals surface area (Å²) in [6.07, 6.45) is 9.13. The zero-order valence-electron chi connectivity index (χ0n) is 29.0. The Kier molecular flexibility index (Phi) is 9.12. The first-order valence-electron chi connectivity index (χ1n) is 18.4. The van der Waals surface area contributed by atoms with Gasteiger partial charge in [0.25, 0.3) is 0 Å². The Labute approximate surface area is 298 Å². The number of hydrogen-bond donors (Lipinski definition) is 5. The number of benzene rings is 2. The van der Waals surface area contributed by atoms with Crippen LogP contribution in [-0.4, -0.2) is 36.7 Å². The fourth-order valence-electron chi connectivity index (χ4n) is 12.1. The monoisotopic (exact) mass is 766 g/mol. The van der Waals surface area contributed by atoms with Crippen molar-refractivity contribution in [2.75, 3.05) is 0 Å². The summed E-state index contributed by atoms with van der Waals surface area (Å²) < 4.78 is 58.6. The molecule has 280 valence electrons. The van der Waals surface area contributed by atoms with Crippen molar-refractivity contribution in [1.82, 2.24) is 0 Å². The lowest BCUT2D eigenvalue weighted by molar-refractivity contribution is -0.0218. The van der Waals surface area contributed by atoms with Gasteiger partial charge >= 0.3 is 23.5 Å². The molecule has 2 aromatic rings. The van der Waals surface area contributed by atoms with Gasteiger partial charge in [-0.3, -0.25) is 23.7 Å². The van der Waals surface area contributed by atoms with Gasteiger partial charge in [0, 0.05) is 0 Å². The van der Waals surface area contributed by atoms with Gasteiger partial charge in [0.15, 0.2) is 0 Å². The average molecular weight is 767 g/mol. The van der Waals surface area contributed by atoms with E-state index in [-0.39, 0.29) is 16.6 Å². The predicted octanol–water partition coefficient (Wildman–Crippen LogP) is 7.91. The second-order valence-electron chi connectivity index (χ2n) is 16.6. The standard InChI is InChI=1S/C36H49O12P3/c1-35-17-15-27-26-10-6-24(20-22(26)4-8-29(27)31(35)11-13-33(35)47-50(40,41)42)46-51(43,44)48-34-14-12-32-30-7-3-21-19-23(45-49(37,38)39)5-9-25(21)28(30)16-18-36(32,34)2/h5-6,9-10,19-20,27-34H,3-4,7-8,11-18H2,1-2H3,(H,43,44)(H2,37,38,39)(H2,40,41,42). The van der Waals surface area contributed by atoms with Gasteiger partial charge in [-0.05, 0) is 170 Å². The highest BCUT2D eigenvalue weighted by molar-refractivity contribution is 7.48. The maximum Gasteiger partial charge on any atom is 0.527 e. The minimum atomic E-state index is -4.64. The van der Waals surface area contributed by atoms with E-state index in [1.54, 1.807) is 18.2 Å². The average Bonchev–Trinajstić information content (AvgIpc) is 3.54. The number of hydrogen-bond acceptors (Lipinski definition) is 7. The maximum absolute atomic E-state index is 13.6. The summed E-state index contributed by atoms with van der Waals surface area (Å²) in [6, 6.07) is 11.0. The fourth-order valence-corrected chi connectivity index (χ4v) is 14.3. The number of rotatable bonds is 8. The van der Waals surface area contributed by atoms with E-state index in [4.69, 9.17) is 18.1 Å². The molecular weight excluding hydrogens is 717 g/mol. The van der Waals surface area contributed by atoms with Crippen molar-refractivity contribution in [1.29, 1.82) is 0 Å². The molecule has 0 saturated heterocycles. The van der Waals surface area contributed by atoms with Gasteiger partial charge in [-0.2, -0.15) is 0 Å². The van der Waals surface area contributed by atoms with Crippen molar-refractivity contribution in [2.24, 2.45) is 34.5 Å². The van der Waals surface area contributed by atoms with E-state index < -0.39 is 35.7 Å². The molecule has 0 aromatic heterocycles. The van der Waals surface area contributed by atoms with E-state index in [0.717, 1.165) is 75.3 Å². The van der Waals surface area contributed by atoms with Crippen LogP contribution in [-0.2, 0) is 35.6 Å².